The van der Waals surface area contributed by atoms with Crippen molar-refractivity contribution in [3.8, 4) is 273 Å². The number of rotatable bonds is 3. The molecule has 0 aliphatic carbocycles. The zero-order chi connectivity index (χ0) is 40.3. The highest BCUT2D eigenvalue weighted by Crippen LogP contribution is 2.25. The number of benzene rings is 1. The van der Waals surface area contributed by atoms with Crippen LogP contribution in [-0.2, 0) is 4.74 Å². The number of ether oxygens (including phenoxy) is 3. The Kier molecular flexibility index (Phi) is 25.5. The Labute approximate surface area is 328 Å². The van der Waals surface area contributed by atoms with Gasteiger partial charge in [0.15, 0.2) is 5.75 Å². The molecule has 56 heavy (non-hydrogen) atoms. The second-order valence-electron chi connectivity index (χ2n) is 7.60. The molecule has 0 aliphatic heterocycles. The van der Waals surface area contributed by atoms with E-state index in [0.717, 1.165) is 0 Å². The van der Waals surface area contributed by atoms with E-state index in [4.69, 9.17) is 27.1 Å². The number of hydrogen-bond acceptors (Lipinski definition) is 4. The van der Waals surface area contributed by atoms with E-state index in [1.165, 1.54) is 25.3 Å². The summed E-state index contributed by atoms with van der Waals surface area (Å²) in [5.41, 5.74) is 0.0860. The Morgan fingerprint density at radius 3 is 0.946 bits per heavy atom. The predicted molar refractivity (Wildman–Crippen MR) is 212 cm³/mol. The molecule has 4 heteroatoms. The van der Waals surface area contributed by atoms with E-state index in [1.54, 1.807) is 0 Å². The zero-order valence-electron chi connectivity index (χ0n) is 28.5. The monoisotopic (exact) mass is 696 g/mol. The summed E-state index contributed by atoms with van der Waals surface area (Å²) in [6.45, 7) is 0. The zero-order valence-corrected chi connectivity index (χ0v) is 28.5. The minimum Gasteiger partial charge on any atom is -0.465 e. The molecule has 0 saturated carbocycles. The van der Waals surface area contributed by atoms with Gasteiger partial charge in [0.05, 0.1) is 7.11 Å². The normalized spacial score (nSPS) is 5.27. The van der Waals surface area contributed by atoms with Gasteiger partial charge in [-0.2, -0.15) is 0 Å². The Balaban J connectivity index is 2.72. The molecule has 0 heterocycles. The van der Waals surface area contributed by atoms with Gasteiger partial charge < -0.3 is 14.2 Å². The van der Waals surface area contributed by atoms with Crippen molar-refractivity contribution in [2.45, 2.75) is 0 Å². The Bertz CT molecular complexity index is 3220. The lowest BCUT2D eigenvalue weighted by molar-refractivity contribution is 0.0598. The molecule has 0 aliphatic rings. The number of terminal acetylenes is 2. The molecule has 0 amide bonds. The summed E-state index contributed by atoms with van der Waals surface area (Å²) in [6.07, 6.45) is 14.6. The van der Waals surface area contributed by atoms with Crippen LogP contribution in [0.25, 0.3) is 0 Å². The molecule has 0 spiro atoms. The first-order valence-electron chi connectivity index (χ1n) is 14.2. The molecule has 1 aromatic carbocycles. The van der Waals surface area contributed by atoms with Crippen molar-refractivity contribution in [3.63, 3.8) is 0 Å². The first-order valence-corrected chi connectivity index (χ1v) is 14.2. The maximum Gasteiger partial charge on any atom is 0.341 e. The molecule has 0 unspecified atom stereocenters. The molecule has 0 fully saturated rings. The van der Waals surface area contributed by atoms with Gasteiger partial charge in [0.1, 0.15) is 23.5 Å². The second kappa shape index (κ2) is 33.5. The number of methoxy groups -OCH3 is 1. The summed E-state index contributed by atoms with van der Waals surface area (Å²) in [7, 11) is 1.22. The fourth-order valence-electron chi connectivity index (χ4n) is 2.28. The molecule has 240 valence electrons. The fourth-order valence-corrected chi connectivity index (χ4v) is 2.28. The first-order chi connectivity index (χ1) is 27.7. The summed E-state index contributed by atoms with van der Waals surface area (Å²) in [6, 6.07) is 4.27. The van der Waals surface area contributed by atoms with Gasteiger partial charge in [-0.25, -0.2) is 4.79 Å². The van der Waals surface area contributed by atoms with Crippen LogP contribution in [0.5, 0.6) is 11.5 Å². The summed E-state index contributed by atoms with van der Waals surface area (Å²) < 4.78 is 15.4. The van der Waals surface area contributed by atoms with E-state index < -0.39 is 5.97 Å². The van der Waals surface area contributed by atoms with E-state index in [0.29, 0.717) is 0 Å². The molecule has 0 N–H and O–H groups in total. The van der Waals surface area contributed by atoms with Crippen molar-refractivity contribution < 1.29 is 19.0 Å². The van der Waals surface area contributed by atoms with Crippen molar-refractivity contribution in [1.82, 2.24) is 0 Å². The first kappa shape index (κ1) is 42.6. The minimum absolute atomic E-state index is 0.0384. The van der Waals surface area contributed by atoms with Crippen molar-refractivity contribution in [2.24, 2.45) is 0 Å². The van der Waals surface area contributed by atoms with Crippen LogP contribution in [-0.4, -0.2) is 13.1 Å². The van der Waals surface area contributed by atoms with Crippen molar-refractivity contribution in [1.29, 1.82) is 0 Å². The lowest BCUT2D eigenvalue weighted by Gasteiger charge is -2.06. The number of carbonyl (C=O) groups excluding carboxylic acids is 1. The van der Waals surface area contributed by atoms with Crippen molar-refractivity contribution in [3.05, 3.63) is 23.8 Å². The topological polar surface area (TPSA) is 44.8 Å². The van der Waals surface area contributed by atoms with Crippen LogP contribution in [0.2, 0.25) is 0 Å². The van der Waals surface area contributed by atoms with Crippen LogP contribution in [0.3, 0.4) is 0 Å². The maximum atomic E-state index is 12.1. The van der Waals surface area contributed by atoms with Gasteiger partial charge >= 0.3 is 5.97 Å². The van der Waals surface area contributed by atoms with Gasteiger partial charge in [0.2, 0.25) is 0 Å². The smallest absolute Gasteiger partial charge is 0.341 e. The third-order valence-electron chi connectivity index (χ3n) is 4.18. The van der Waals surface area contributed by atoms with Crippen molar-refractivity contribution in [2.75, 3.05) is 7.11 Å². The number of esters is 1. The molecule has 0 aromatic heterocycles. The highest BCUT2D eigenvalue weighted by Gasteiger charge is 2.14. The van der Waals surface area contributed by atoms with Crippen LogP contribution >= 0.6 is 0 Å². The molecular weight excluding hydrogens is 689 g/mol. The quantitative estimate of drug-likeness (QED) is 0.355. The van der Waals surface area contributed by atoms with Gasteiger partial charge in [-0.05, 0) is 107 Å². The molecular formula is C52H8O4. The fraction of sp³-hybridized carbons (Fsp3) is 0.0192. The average Bonchev–Trinajstić information content (AvgIpc) is 3.21. The molecule has 0 radical (unpaired) electrons. The predicted octanol–water partition coefficient (Wildman–Crippen LogP) is 1.48. The lowest BCUT2D eigenvalue weighted by Crippen LogP contribution is -2.04. The number of hydrogen-bond donors (Lipinski definition) is 0. The summed E-state index contributed by atoms with van der Waals surface area (Å²) in [4.78, 5) is 12.1. The number of carbonyl (C=O) groups is 1. The van der Waals surface area contributed by atoms with Crippen LogP contribution < -0.4 is 9.47 Å². The van der Waals surface area contributed by atoms with Gasteiger partial charge in [-0.3, -0.25) is 0 Å². The SMILES string of the molecule is C#CC#CC#CC#CC#CC#CC#CC#CC#CC#CC#COc1ccc(C(=O)OC)c(OC#CC#CC#CC#CC#CC#CC#CC#CC#CC#CC#C)c1. The molecule has 1 rings (SSSR count). The van der Waals surface area contributed by atoms with Gasteiger partial charge in [0, 0.05) is 148 Å². The van der Waals surface area contributed by atoms with E-state index in [-0.39, 0.29) is 17.1 Å². The van der Waals surface area contributed by atoms with Crippen LogP contribution in [0.1, 0.15) is 10.4 Å². The van der Waals surface area contributed by atoms with E-state index in [1.807, 2.05) is 0 Å². The second-order valence-corrected chi connectivity index (χ2v) is 7.60. The average molecular weight is 697 g/mol. The lowest BCUT2D eigenvalue weighted by atomic mass is 10.2. The van der Waals surface area contributed by atoms with E-state index in [9.17, 15) is 4.79 Å². The molecule has 0 bridgehead atoms. The van der Waals surface area contributed by atoms with E-state index >= 15 is 0 Å². The Hall–Kier alpha value is -11.4. The third kappa shape index (κ3) is 25.7. The largest absolute Gasteiger partial charge is 0.465 e. The standard InChI is InChI=1S/C52H8O4/c1-4-6-8-10-12-14-16-18-20-22-24-26-28-30-32-34-36-38-40-42-46-55-49-44-45-50(52(53)54-3)51(48-49)56-47-43-41-39-37-35-33-31-29-27-25-23-21-19-17-15-13-11-9-7-5-2/h1-2,44-45,48H,3H3. The van der Waals surface area contributed by atoms with Crippen LogP contribution in [0.15, 0.2) is 18.2 Å². The third-order valence-corrected chi connectivity index (χ3v) is 4.18. The highest BCUT2D eigenvalue weighted by atomic mass is 16.5. The minimum atomic E-state index is -0.662. The van der Waals surface area contributed by atoms with Crippen LogP contribution in [0.4, 0.5) is 0 Å². The molecule has 0 atom stereocenters. The Morgan fingerprint density at radius 1 is 0.393 bits per heavy atom. The van der Waals surface area contributed by atoms with Gasteiger partial charge in [-0.15, -0.1) is 12.8 Å². The van der Waals surface area contributed by atoms with Gasteiger partial charge in [0.25, 0.3) is 0 Å². The summed E-state index contributed by atoms with van der Waals surface area (Å²) in [5.74, 6) is 97.4. The summed E-state index contributed by atoms with van der Waals surface area (Å²) in [5, 5.41) is 0. The van der Waals surface area contributed by atoms with E-state index in [2.05, 4.69) is 249 Å². The Morgan fingerprint density at radius 2 is 0.661 bits per heavy atom. The molecule has 0 saturated heterocycles. The summed E-state index contributed by atoms with van der Waals surface area (Å²) >= 11 is 0. The maximum absolute atomic E-state index is 12.1. The van der Waals surface area contributed by atoms with Crippen molar-refractivity contribution >= 4 is 5.97 Å². The molecule has 4 nitrogen and oxygen atoms in total. The van der Waals surface area contributed by atoms with Gasteiger partial charge in [-0.1, -0.05) is 0 Å². The molecule has 1 aromatic rings. The highest BCUT2D eigenvalue weighted by molar-refractivity contribution is 5.92. The van der Waals surface area contributed by atoms with Crippen LogP contribution in [0, 0.1) is 262 Å².